The summed E-state index contributed by atoms with van der Waals surface area (Å²) in [4.78, 5) is 0.362. The summed E-state index contributed by atoms with van der Waals surface area (Å²) in [6.45, 7) is 8.15. The average Bonchev–Trinajstić information content (AvgIpc) is 2.60. The second-order valence-corrected chi connectivity index (χ2v) is 14.0. The van der Waals surface area contributed by atoms with E-state index in [4.69, 9.17) is 23.2 Å². The minimum Gasteiger partial charge on any atom is -0.119 e. The van der Waals surface area contributed by atoms with E-state index >= 15 is 0 Å². The molecular formula is C20H32Br6Cl2. The first-order chi connectivity index (χ1) is 12.8. The maximum absolute atomic E-state index is 6.20. The Morgan fingerprint density at radius 2 is 1.00 bits per heavy atom. The molecule has 0 nitrogen and oxygen atoms in total. The zero-order chi connectivity index (χ0) is 22.4. The molecule has 0 saturated heterocycles. The number of hydrogen-bond donors (Lipinski definition) is 0. The molecule has 0 heterocycles. The molecule has 0 saturated carbocycles. The molecule has 0 aromatic heterocycles. The molecule has 2 atom stereocenters. The van der Waals surface area contributed by atoms with Gasteiger partial charge in [-0.25, -0.2) is 0 Å². The molecule has 0 aromatic rings. The van der Waals surface area contributed by atoms with E-state index in [1.807, 2.05) is 27.7 Å². The molecule has 0 aromatic carbocycles. The van der Waals surface area contributed by atoms with Crippen molar-refractivity contribution < 1.29 is 0 Å². The van der Waals surface area contributed by atoms with Gasteiger partial charge in [0.15, 0.2) is 0 Å². The van der Waals surface area contributed by atoms with Gasteiger partial charge in [0, 0.05) is 31.0 Å². The number of hydrogen-bond acceptors (Lipinski definition) is 0. The van der Waals surface area contributed by atoms with Gasteiger partial charge in [0.25, 0.3) is 0 Å². The Bertz CT molecular complexity index is 411. The van der Waals surface area contributed by atoms with Crippen molar-refractivity contribution in [1.82, 2.24) is 0 Å². The van der Waals surface area contributed by atoms with Crippen LogP contribution in [0.3, 0.4) is 0 Å². The van der Waals surface area contributed by atoms with Crippen LogP contribution in [0.2, 0.25) is 0 Å². The van der Waals surface area contributed by atoms with Crippen molar-refractivity contribution in [2.45, 2.75) is 72.8 Å². The number of allylic oxidation sites excluding steroid dienone is 4. The fourth-order valence-corrected chi connectivity index (χ4v) is 4.59. The van der Waals surface area contributed by atoms with Crippen LogP contribution in [0.1, 0.15) is 53.4 Å². The Hall–Kier alpha value is 2.94. The highest BCUT2D eigenvalue weighted by Gasteiger charge is 2.24. The van der Waals surface area contributed by atoms with Crippen molar-refractivity contribution in [2.75, 3.05) is 21.3 Å². The smallest absolute Gasteiger partial charge is 0.0515 e. The van der Waals surface area contributed by atoms with Crippen molar-refractivity contribution in [2.24, 2.45) is 0 Å². The van der Waals surface area contributed by atoms with Gasteiger partial charge in [-0.3, -0.25) is 0 Å². The molecule has 0 spiro atoms. The lowest BCUT2D eigenvalue weighted by Gasteiger charge is -2.23. The largest absolute Gasteiger partial charge is 0.119 e. The van der Waals surface area contributed by atoms with Crippen LogP contribution in [-0.2, 0) is 0 Å². The Balaban J connectivity index is 0. The summed E-state index contributed by atoms with van der Waals surface area (Å²) in [6.07, 6.45) is 8.72. The van der Waals surface area contributed by atoms with Crippen LogP contribution >= 0.6 is 119 Å². The molecule has 28 heavy (non-hydrogen) atoms. The van der Waals surface area contributed by atoms with E-state index in [1.165, 1.54) is 11.1 Å². The van der Waals surface area contributed by atoms with E-state index in [9.17, 15) is 0 Å². The van der Waals surface area contributed by atoms with Crippen molar-refractivity contribution in [3.8, 4) is 0 Å². The maximum Gasteiger partial charge on any atom is 0.0515 e. The molecule has 0 radical (unpaired) electrons. The highest BCUT2D eigenvalue weighted by molar-refractivity contribution is 9.10. The van der Waals surface area contributed by atoms with Gasteiger partial charge >= 0.3 is 0 Å². The van der Waals surface area contributed by atoms with Gasteiger partial charge in [0.05, 0.1) is 9.75 Å². The molecule has 0 rings (SSSR count). The normalized spacial score (nSPS) is 15.7. The molecule has 0 N–H and O–H groups in total. The number of alkyl halides is 8. The Kier molecular flexibility index (Phi) is 21.7. The topological polar surface area (TPSA) is 0 Å². The summed E-state index contributed by atoms with van der Waals surface area (Å²) in [5, 5.41) is 3.73. The van der Waals surface area contributed by atoms with Gasteiger partial charge in [-0.2, -0.15) is 0 Å². The highest BCUT2D eigenvalue weighted by Crippen LogP contribution is 2.30. The third-order valence-electron chi connectivity index (χ3n) is 4.00. The first kappa shape index (κ1) is 33.1. The number of halogens is 8. The SMILES string of the molecule is CC(C)(Cl)C(Br)CCC(=CCBr)CBr.CC(C)(Cl)C(Br)CCC(=CCBr)CBr. The molecule has 2 unspecified atom stereocenters. The maximum atomic E-state index is 6.20. The van der Waals surface area contributed by atoms with Crippen LogP contribution in [0.4, 0.5) is 0 Å². The standard InChI is InChI=1S/2C10H16Br3Cl/c2*1-10(2,14)9(13)4-3-8(7-12)5-6-11/h2*5,9H,3-4,6-7H2,1-2H3. The van der Waals surface area contributed by atoms with Gasteiger partial charge < -0.3 is 0 Å². The first-order valence-corrected chi connectivity index (χ1v) is 16.2. The predicted octanol–water partition coefficient (Wildman–Crippen LogP) is 10.5. The number of rotatable bonds is 12. The zero-order valence-electron chi connectivity index (χ0n) is 17.0. The molecule has 8 heteroatoms. The predicted molar refractivity (Wildman–Crippen MR) is 155 cm³/mol. The Labute approximate surface area is 233 Å². The second kappa shape index (κ2) is 18.4. The first-order valence-electron chi connectivity index (χ1n) is 9.09. The molecule has 0 aliphatic heterocycles. The molecular weight excluding hydrogens is 791 g/mol. The Morgan fingerprint density at radius 3 is 1.18 bits per heavy atom. The van der Waals surface area contributed by atoms with E-state index in [0.29, 0.717) is 9.65 Å². The average molecular weight is 823 g/mol. The lowest BCUT2D eigenvalue weighted by Crippen LogP contribution is -2.24. The van der Waals surface area contributed by atoms with E-state index in [0.717, 1.165) is 47.0 Å². The summed E-state index contributed by atoms with van der Waals surface area (Å²) < 4.78 is 0. The molecule has 0 aliphatic rings. The van der Waals surface area contributed by atoms with Crippen LogP contribution in [0.15, 0.2) is 23.3 Å². The molecule has 0 aliphatic carbocycles. The lowest BCUT2D eigenvalue weighted by atomic mass is 10.0. The summed E-state index contributed by atoms with van der Waals surface area (Å²) >= 11 is 33.4. The van der Waals surface area contributed by atoms with Crippen LogP contribution in [0.5, 0.6) is 0 Å². The van der Waals surface area contributed by atoms with Crippen molar-refractivity contribution >= 4 is 119 Å². The van der Waals surface area contributed by atoms with E-state index < -0.39 is 0 Å². The second-order valence-electron chi connectivity index (χ2n) is 7.44. The minimum atomic E-state index is -0.175. The molecule has 0 fully saturated rings. The van der Waals surface area contributed by atoms with Gasteiger partial charge in [0.2, 0.25) is 0 Å². The summed E-state index contributed by atoms with van der Waals surface area (Å²) in [5.41, 5.74) is 2.85. The third-order valence-corrected chi connectivity index (χ3v) is 10.3. The van der Waals surface area contributed by atoms with E-state index in [1.54, 1.807) is 0 Å². The summed E-state index contributed by atoms with van der Waals surface area (Å²) in [6, 6.07) is 0. The van der Waals surface area contributed by atoms with Crippen molar-refractivity contribution in [1.29, 1.82) is 0 Å². The molecule has 0 bridgehead atoms. The summed E-state index contributed by atoms with van der Waals surface area (Å²) in [5.74, 6) is 0. The van der Waals surface area contributed by atoms with Crippen LogP contribution in [-0.4, -0.2) is 40.7 Å². The summed E-state index contributed by atoms with van der Waals surface area (Å²) in [7, 11) is 0. The Morgan fingerprint density at radius 1 is 0.714 bits per heavy atom. The minimum absolute atomic E-state index is 0.175. The molecule has 0 amide bonds. The molecule has 168 valence electrons. The lowest BCUT2D eigenvalue weighted by molar-refractivity contribution is 0.616. The van der Waals surface area contributed by atoms with Gasteiger partial charge in [-0.1, -0.05) is 119 Å². The quantitative estimate of drug-likeness (QED) is 0.136. The van der Waals surface area contributed by atoms with Gasteiger partial charge in [-0.05, 0) is 53.4 Å². The van der Waals surface area contributed by atoms with Crippen molar-refractivity contribution in [3.63, 3.8) is 0 Å². The van der Waals surface area contributed by atoms with Crippen LogP contribution in [0, 0.1) is 0 Å². The van der Waals surface area contributed by atoms with E-state index in [2.05, 4.69) is 108 Å². The van der Waals surface area contributed by atoms with Crippen molar-refractivity contribution in [3.05, 3.63) is 23.3 Å². The van der Waals surface area contributed by atoms with Crippen LogP contribution in [0.25, 0.3) is 0 Å². The van der Waals surface area contributed by atoms with E-state index in [-0.39, 0.29) is 9.75 Å². The van der Waals surface area contributed by atoms with Crippen LogP contribution < -0.4 is 0 Å². The highest BCUT2D eigenvalue weighted by atomic mass is 79.9. The fraction of sp³-hybridized carbons (Fsp3) is 0.800. The third kappa shape index (κ3) is 18.5. The zero-order valence-corrected chi connectivity index (χ0v) is 28.0. The van der Waals surface area contributed by atoms with Gasteiger partial charge in [-0.15, -0.1) is 23.2 Å². The monoisotopic (exact) mass is 816 g/mol. The fourth-order valence-electron chi connectivity index (χ4n) is 1.98. The van der Waals surface area contributed by atoms with Gasteiger partial charge in [0.1, 0.15) is 0 Å².